The molecule has 0 saturated carbocycles. The first-order chi connectivity index (χ1) is 17.8. The minimum Gasteiger partial charge on any atom is -0.480 e. The first-order valence-corrected chi connectivity index (χ1v) is 12.7. The van der Waals surface area contributed by atoms with Gasteiger partial charge in [0.15, 0.2) is 0 Å². The number of halogens is 1. The summed E-state index contributed by atoms with van der Waals surface area (Å²) in [6.45, 7) is 0.998. The Bertz CT molecular complexity index is 1110. The summed E-state index contributed by atoms with van der Waals surface area (Å²) in [6.07, 6.45) is 2.83. The van der Waals surface area contributed by atoms with Crippen molar-refractivity contribution in [1.29, 1.82) is 0 Å². The first kappa shape index (κ1) is 28.4. The van der Waals surface area contributed by atoms with Crippen LogP contribution < -0.4 is 15.5 Å². The highest BCUT2D eigenvalue weighted by Crippen LogP contribution is 2.29. The highest BCUT2D eigenvalue weighted by molar-refractivity contribution is 6.34. The molecule has 2 aromatic rings. The molecule has 1 fully saturated rings. The van der Waals surface area contributed by atoms with Crippen molar-refractivity contribution in [3.05, 3.63) is 64.2 Å². The number of hydrogen-bond acceptors (Lipinski definition) is 5. The van der Waals surface area contributed by atoms with Crippen LogP contribution in [0.1, 0.15) is 40.7 Å². The Morgan fingerprint density at radius 2 is 1.86 bits per heavy atom. The van der Waals surface area contributed by atoms with Gasteiger partial charge in [-0.1, -0.05) is 35.9 Å². The van der Waals surface area contributed by atoms with Crippen LogP contribution in [0, 0.1) is 0 Å². The van der Waals surface area contributed by atoms with Crippen molar-refractivity contribution in [3.8, 4) is 0 Å². The summed E-state index contributed by atoms with van der Waals surface area (Å²) in [5.74, 6) is -1.21. The van der Waals surface area contributed by atoms with Crippen molar-refractivity contribution in [2.45, 2.75) is 44.4 Å². The molecule has 0 aromatic heterocycles. The summed E-state index contributed by atoms with van der Waals surface area (Å²) < 4.78 is 5.23. The van der Waals surface area contributed by atoms with Gasteiger partial charge in [0.05, 0.1) is 16.7 Å². The van der Waals surface area contributed by atoms with Gasteiger partial charge < -0.3 is 30.3 Å². The van der Waals surface area contributed by atoms with Crippen LogP contribution >= 0.6 is 11.6 Å². The highest BCUT2D eigenvalue weighted by atomic mass is 35.5. The molecule has 9 nitrogen and oxygen atoms in total. The normalized spacial score (nSPS) is 18.8. The number of rotatable bonds is 5. The van der Waals surface area contributed by atoms with Crippen molar-refractivity contribution < 1.29 is 24.2 Å². The molecular weight excluding hydrogens is 496 g/mol. The standard InChI is InChI=1S/C25H28ClN3O5.C2H7N/c1-34-18-13-22(24(31)32)29(15-18)25(33)27-14-16-9-10-19(20(26)12-16)23(30)28-11-5-4-7-17-6-2-3-8-21(17)28;1-3-2/h2-3,6,8-10,12,18,22H,4-5,7,11,13-15H2,1H3,(H,27,33)(H,31,32);3H,1-2H3/t18-,22+;/m1./s1. The first-order valence-electron chi connectivity index (χ1n) is 12.4. The van der Waals surface area contributed by atoms with Crippen LogP contribution in [0.3, 0.4) is 0 Å². The molecule has 0 unspecified atom stereocenters. The monoisotopic (exact) mass is 530 g/mol. The Hall–Kier alpha value is -3.14. The van der Waals surface area contributed by atoms with E-state index in [1.165, 1.54) is 12.0 Å². The van der Waals surface area contributed by atoms with Gasteiger partial charge in [-0.3, -0.25) is 4.79 Å². The van der Waals surface area contributed by atoms with E-state index in [2.05, 4.69) is 16.7 Å². The minimum absolute atomic E-state index is 0.151. The van der Waals surface area contributed by atoms with Gasteiger partial charge >= 0.3 is 12.0 Å². The third kappa shape index (κ3) is 7.00. The average Bonchev–Trinajstić information content (AvgIpc) is 3.22. The number of amides is 3. The zero-order chi connectivity index (χ0) is 26.9. The average molecular weight is 531 g/mol. The summed E-state index contributed by atoms with van der Waals surface area (Å²) in [6, 6.07) is 11.6. The number of anilines is 1. The summed E-state index contributed by atoms with van der Waals surface area (Å²) in [5, 5.41) is 15.2. The number of nitrogens with one attached hydrogen (secondary N) is 2. The number of urea groups is 1. The number of carboxylic acid groups (broad SMARTS) is 1. The van der Waals surface area contributed by atoms with E-state index in [1.807, 2.05) is 32.3 Å². The number of ether oxygens (including phenoxy) is 1. The lowest BCUT2D eigenvalue weighted by Gasteiger charge is -2.24. The van der Waals surface area contributed by atoms with E-state index < -0.39 is 18.0 Å². The van der Waals surface area contributed by atoms with E-state index in [0.717, 1.165) is 30.5 Å². The molecule has 37 heavy (non-hydrogen) atoms. The zero-order valence-electron chi connectivity index (χ0n) is 21.5. The Kier molecular flexibility index (Phi) is 10.3. The molecule has 1 saturated heterocycles. The Labute approximate surface area is 222 Å². The van der Waals surface area contributed by atoms with Gasteiger partial charge in [-0.2, -0.15) is 0 Å². The number of carbonyl (C=O) groups excluding carboxylic acids is 2. The predicted octanol–water partition coefficient (Wildman–Crippen LogP) is 3.54. The van der Waals surface area contributed by atoms with Crippen LogP contribution in [0.15, 0.2) is 42.5 Å². The number of hydrogen-bond donors (Lipinski definition) is 3. The summed E-state index contributed by atoms with van der Waals surface area (Å²) >= 11 is 6.49. The van der Waals surface area contributed by atoms with Crippen molar-refractivity contribution >= 4 is 35.2 Å². The van der Waals surface area contributed by atoms with Crippen molar-refractivity contribution in [1.82, 2.24) is 15.5 Å². The van der Waals surface area contributed by atoms with Crippen LogP contribution in [0.25, 0.3) is 0 Å². The molecule has 0 bridgehead atoms. The zero-order valence-corrected chi connectivity index (χ0v) is 22.3. The lowest BCUT2D eigenvalue weighted by molar-refractivity contribution is -0.141. The van der Waals surface area contributed by atoms with E-state index in [-0.39, 0.29) is 31.5 Å². The molecule has 0 aliphatic carbocycles. The number of para-hydroxylation sites is 1. The lowest BCUT2D eigenvalue weighted by atomic mass is 10.1. The summed E-state index contributed by atoms with van der Waals surface area (Å²) in [7, 11) is 5.25. The maximum Gasteiger partial charge on any atom is 0.326 e. The second kappa shape index (κ2) is 13.4. The molecule has 2 aliphatic heterocycles. The van der Waals surface area contributed by atoms with Crippen LogP contribution in [0.4, 0.5) is 10.5 Å². The van der Waals surface area contributed by atoms with E-state index in [0.29, 0.717) is 22.7 Å². The van der Waals surface area contributed by atoms with Crippen LogP contribution in [-0.4, -0.2) is 74.4 Å². The number of nitrogens with zero attached hydrogens (tertiary/aromatic N) is 2. The van der Waals surface area contributed by atoms with Gasteiger partial charge in [0, 0.05) is 38.9 Å². The fourth-order valence-corrected chi connectivity index (χ4v) is 4.88. The van der Waals surface area contributed by atoms with Crippen LogP contribution in [-0.2, 0) is 22.5 Å². The molecule has 2 aliphatic rings. The quantitative estimate of drug-likeness (QED) is 0.545. The number of likely N-dealkylation sites (tertiary alicyclic amines) is 1. The van der Waals surface area contributed by atoms with E-state index in [1.54, 1.807) is 23.1 Å². The highest BCUT2D eigenvalue weighted by Gasteiger charge is 2.39. The molecule has 2 atom stereocenters. The molecule has 0 radical (unpaired) electrons. The fraction of sp³-hybridized carbons (Fsp3) is 0.444. The summed E-state index contributed by atoms with van der Waals surface area (Å²) in [5.41, 5.74) is 3.19. The molecule has 3 N–H and O–H groups in total. The van der Waals surface area contributed by atoms with E-state index >= 15 is 0 Å². The number of carboxylic acids is 1. The van der Waals surface area contributed by atoms with Gasteiger partial charge in [0.2, 0.25) is 0 Å². The Morgan fingerprint density at radius 3 is 2.54 bits per heavy atom. The maximum absolute atomic E-state index is 13.3. The van der Waals surface area contributed by atoms with Gasteiger partial charge in [0.1, 0.15) is 6.04 Å². The second-order valence-corrected chi connectivity index (χ2v) is 9.52. The van der Waals surface area contributed by atoms with Crippen molar-refractivity contribution in [3.63, 3.8) is 0 Å². The van der Waals surface area contributed by atoms with Gasteiger partial charge in [0.25, 0.3) is 5.91 Å². The molecule has 3 amide bonds. The summed E-state index contributed by atoms with van der Waals surface area (Å²) in [4.78, 5) is 40.5. The molecule has 10 heteroatoms. The number of carbonyl (C=O) groups is 3. The van der Waals surface area contributed by atoms with Gasteiger partial charge in [-0.05, 0) is 62.7 Å². The van der Waals surface area contributed by atoms with E-state index in [9.17, 15) is 19.5 Å². The number of benzene rings is 2. The van der Waals surface area contributed by atoms with Crippen molar-refractivity contribution in [2.24, 2.45) is 0 Å². The second-order valence-electron chi connectivity index (χ2n) is 9.12. The number of methoxy groups -OCH3 is 1. The van der Waals surface area contributed by atoms with Gasteiger partial charge in [-0.25, -0.2) is 9.59 Å². The largest absolute Gasteiger partial charge is 0.480 e. The smallest absolute Gasteiger partial charge is 0.326 e. The molecular formula is C27H35ClN4O5. The Balaban J connectivity index is 0.00000121. The van der Waals surface area contributed by atoms with Crippen LogP contribution in [0.2, 0.25) is 5.02 Å². The lowest BCUT2D eigenvalue weighted by Crippen LogP contribution is -2.46. The van der Waals surface area contributed by atoms with E-state index in [4.69, 9.17) is 16.3 Å². The number of aliphatic carboxylic acids is 1. The third-order valence-corrected chi connectivity index (χ3v) is 6.77. The fourth-order valence-electron chi connectivity index (χ4n) is 4.60. The molecule has 200 valence electrons. The molecule has 0 spiro atoms. The van der Waals surface area contributed by atoms with Crippen LogP contribution in [0.5, 0.6) is 0 Å². The SMILES string of the molecule is CNC.CO[C@@H]1C[C@@H](C(=O)O)N(C(=O)NCc2ccc(C(=O)N3CCCCc4ccccc43)c(Cl)c2)C1. The van der Waals surface area contributed by atoms with Gasteiger partial charge in [-0.15, -0.1) is 0 Å². The molecule has 2 aromatic carbocycles. The number of fused-ring (bicyclic) bond motifs is 1. The third-order valence-electron chi connectivity index (χ3n) is 6.46. The minimum atomic E-state index is -1.06. The number of aryl methyl sites for hydroxylation is 1. The topological polar surface area (TPSA) is 111 Å². The molecule has 2 heterocycles. The van der Waals surface area contributed by atoms with Crippen molar-refractivity contribution in [2.75, 3.05) is 39.2 Å². The predicted molar refractivity (Wildman–Crippen MR) is 143 cm³/mol. The molecule has 4 rings (SSSR count). The maximum atomic E-state index is 13.3. The Morgan fingerprint density at radius 1 is 1.14 bits per heavy atom.